The molecule has 9 heteroatoms. The van der Waals surface area contributed by atoms with E-state index in [0.29, 0.717) is 44.0 Å². The van der Waals surface area contributed by atoms with E-state index in [1.165, 1.54) is 0 Å². The van der Waals surface area contributed by atoms with Gasteiger partial charge in [-0.05, 0) is 31.6 Å². The zero-order valence-electron chi connectivity index (χ0n) is 16.5. The fourth-order valence-corrected chi connectivity index (χ4v) is 5.32. The lowest BCUT2D eigenvalue weighted by Crippen LogP contribution is -2.76. The lowest BCUT2D eigenvalue weighted by atomic mass is 9.47. The molecule has 2 amide bonds. The third-order valence-electron chi connectivity index (χ3n) is 6.92. The molecule has 1 aromatic heterocycles. The molecule has 6 rings (SSSR count). The van der Waals surface area contributed by atoms with Crippen LogP contribution in [0.15, 0.2) is 6.07 Å². The van der Waals surface area contributed by atoms with E-state index in [2.05, 4.69) is 20.8 Å². The van der Waals surface area contributed by atoms with Crippen LogP contribution in [0.1, 0.15) is 56.6 Å². The van der Waals surface area contributed by atoms with Gasteiger partial charge in [0.15, 0.2) is 5.82 Å². The fourth-order valence-electron chi connectivity index (χ4n) is 5.32. The number of aromatic nitrogens is 2. The Hall–Kier alpha value is -2.16. The third kappa shape index (κ3) is 3.60. The standard InChI is InChI=1S/C20H27FN4O4/c1-28-7-12-5-14(12)17(26)22-16-6-15(24-25-16)11-2-3-13(4-11)29-18(27)23-20-8-19(21,9-20)10-20/h6,11-14H,2-5,7-10H2,1H3,(H,23,27)(H2,22,24,25,26)/t11-,12+,13+,14-,19?,20?/m0/s1. The summed E-state index contributed by atoms with van der Waals surface area (Å²) in [7, 11) is 1.64. The third-order valence-corrected chi connectivity index (χ3v) is 6.92. The second-order valence-electron chi connectivity index (χ2n) is 9.38. The predicted molar refractivity (Wildman–Crippen MR) is 101 cm³/mol. The number of alkyl carbamates (subject to hydrolysis) is 1. The summed E-state index contributed by atoms with van der Waals surface area (Å²) in [5.74, 6) is 1.03. The van der Waals surface area contributed by atoms with E-state index in [4.69, 9.17) is 9.47 Å². The van der Waals surface area contributed by atoms with Crippen LogP contribution in [0.2, 0.25) is 0 Å². The summed E-state index contributed by atoms with van der Waals surface area (Å²) in [6.07, 6.45) is 3.87. The molecule has 1 aromatic rings. The normalized spacial score (nSPS) is 39.2. The molecule has 3 N–H and O–H groups in total. The van der Waals surface area contributed by atoms with E-state index in [-0.39, 0.29) is 29.4 Å². The second-order valence-corrected chi connectivity index (χ2v) is 9.38. The number of H-pyrrole nitrogens is 1. The Balaban J connectivity index is 1.08. The monoisotopic (exact) mass is 406 g/mol. The molecule has 0 spiro atoms. The number of nitrogens with one attached hydrogen (secondary N) is 3. The Bertz CT molecular complexity index is 807. The Morgan fingerprint density at radius 3 is 2.83 bits per heavy atom. The summed E-state index contributed by atoms with van der Waals surface area (Å²) in [5.41, 5.74) is -0.455. The van der Waals surface area contributed by atoms with E-state index in [0.717, 1.165) is 25.0 Å². The second kappa shape index (κ2) is 6.68. The molecule has 0 saturated heterocycles. The highest BCUT2D eigenvalue weighted by molar-refractivity contribution is 5.93. The maximum Gasteiger partial charge on any atom is 0.407 e. The van der Waals surface area contributed by atoms with Crippen LogP contribution in [0.25, 0.3) is 0 Å². The van der Waals surface area contributed by atoms with E-state index in [1.807, 2.05) is 6.07 Å². The summed E-state index contributed by atoms with van der Waals surface area (Å²) in [4.78, 5) is 24.3. The van der Waals surface area contributed by atoms with Gasteiger partial charge in [-0.15, -0.1) is 0 Å². The number of nitrogens with zero attached hydrogens (tertiary/aromatic N) is 1. The number of hydrogen-bond donors (Lipinski definition) is 3. The van der Waals surface area contributed by atoms with Crippen molar-refractivity contribution in [2.45, 2.75) is 68.2 Å². The summed E-state index contributed by atoms with van der Waals surface area (Å²) >= 11 is 0. The van der Waals surface area contributed by atoms with Gasteiger partial charge in [0, 0.05) is 56.6 Å². The van der Waals surface area contributed by atoms with Crippen molar-refractivity contribution >= 4 is 17.8 Å². The van der Waals surface area contributed by atoms with Crippen molar-refractivity contribution in [1.29, 1.82) is 0 Å². The molecule has 29 heavy (non-hydrogen) atoms. The number of methoxy groups -OCH3 is 1. The minimum absolute atomic E-state index is 0.00577. The topological polar surface area (TPSA) is 105 Å². The molecular formula is C20H27FN4O4. The Labute approximate surface area is 168 Å². The number of anilines is 1. The van der Waals surface area contributed by atoms with Gasteiger partial charge in [0.1, 0.15) is 11.8 Å². The first-order valence-electron chi connectivity index (χ1n) is 10.4. The van der Waals surface area contributed by atoms with Crippen LogP contribution < -0.4 is 10.6 Å². The van der Waals surface area contributed by atoms with Crippen molar-refractivity contribution in [1.82, 2.24) is 15.5 Å². The highest BCUT2D eigenvalue weighted by atomic mass is 19.1. The SMILES string of the molecule is COC[C@H]1C[C@@H]1C(=O)Nc1cc([C@H]2CC[C@@H](OC(=O)NC34CC(F)(C3)C4)C2)[nH]n1. The molecule has 0 unspecified atom stereocenters. The minimum Gasteiger partial charge on any atom is -0.446 e. The Kier molecular flexibility index (Phi) is 4.34. The number of alkyl halides is 1. The number of carbonyl (C=O) groups excluding carboxylic acids is 2. The Morgan fingerprint density at radius 2 is 2.10 bits per heavy atom. The van der Waals surface area contributed by atoms with E-state index in [1.54, 1.807) is 7.11 Å². The van der Waals surface area contributed by atoms with Gasteiger partial charge in [0.05, 0.1) is 5.54 Å². The highest BCUT2D eigenvalue weighted by Gasteiger charge is 2.70. The largest absolute Gasteiger partial charge is 0.446 e. The lowest BCUT2D eigenvalue weighted by molar-refractivity contribution is -0.165. The summed E-state index contributed by atoms with van der Waals surface area (Å²) in [6.45, 7) is 0.608. The summed E-state index contributed by atoms with van der Waals surface area (Å²) < 4.78 is 24.2. The van der Waals surface area contributed by atoms with E-state index >= 15 is 0 Å². The number of halogens is 1. The lowest BCUT2D eigenvalue weighted by Gasteiger charge is -2.65. The van der Waals surface area contributed by atoms with Gasteiger partial charge in [-0.3, -0.25) is 9.89 Å². The maximum atomic E-state index is 13.6. The first-order chi connectivity index (χ1) is 13.9. The van der Waals surface area contributed by atoms with Gasteiger partial charge in [-0.2, -0.15) is 5.10 Å². The molecule has 0 radical (unpaired) electrons. The van der Waals surface area contributed by atoms with Crippen LogP contribution in [0.5, 0.6) is 0 Å². The molecule has 5 fully saturated rings. The van der Waals surface area contributed by atoms with Gasteiger partial charge in [-0.25, -0.2) is 9.18 Å². The van der Waals surface area contributed by atoms with E-state index < -0.39 is 11.8 Å². The number of carbonyl (C=O) groups is 2. The van der Waals surface area contributed by atoms with Gasteiger partial charge >= 0.3 is 6.09 Å². The predicted octanol–water partition coefficient (Wildman–Crippen LogP) is 2.64. The van der Waals surface area contributed by atoms with Crippen LogP contribution in [-0.4, -0.2) is 53.2 Å². The molecule has 158 valence electrons. The number of amides is 2. The number of aromatic amines is 1. The zero-order valence-corrected chi connectivity index (χ0v) is 16.5. The fraction of sp³-hybridized carbons (Fsp3) is 0.750. The van der Waals surface area contributed by atoms with Crippen molar-refractivity contribution in [2.75, 3.05) is 19.0 Å². The average Bonchev–Trinajstić information content (AvgIpc) is 3.00. The highest BCUT2D eigenvalue weighted by Crippen LogP contribution is 2.62. The smallest absolute Gasteiger partial charge is 0.407 e. The van der Waals surface area contributed by atoms with Gasteiger partial charge in [0.25, 0.3) is 0 Å². The van der Waals surface area contributed by atoms with Crippen molar-refractivity contribution in [3.8, 4) is 0 Å². The van der Waals surface area contributed by atoms with Crippen molar-refractivity contribution < 1.29 is 23.5 Å². The first kappa shape index (κ1) is 18.8. The molecule has 0 aromatic carbocycles. The molecule has 5 saturated carbocycles. The molecule has 5 aliphatic carbocycles. The summed E-state index contributed by atoms with van der Waals surface area (Å²) in [5, 5.41) is 12.9. The van der Waals surface area contributed by atoms with Gasteiger partial charge < -0.3 is 20.1 Å². The molecule has 2 bridgehead atoms. The first-order valence-corrected chi connectivity index (χ1v) is 10.4. The van der Waals surface area contributed by atoms with E-state index in [9.17, 15) is 14.0 Å². The number of hydrogen-bond acceptors (Lipinski definition) is 5. The number of ether oxygens (including phenoxy) is 2. The minimum atomic E-state index is -1.04. The molecule has 1 heterocycles. The molecule has 5 aliphatic rings. The van der Waals surface area contributed by atoms with Crippen LogP contribution in [0.3, 0.4) is 0 Å². The maximum absolute atomic E-state index is 13.6. The zero-order chi connectivity index (χ0) is 20.2. The van der Waals surface area contributed by atoms with Gasteiger partial charge in [0.2, 0.25) is 5.91 Å². The molecule has 8 nitrogen and oxygen atoms in total. The van der Waals surface area contributed by atoms with Gasteiger partial charge in [-0.1, -0.05) is 0 Å². The van der Waals surface area contributed by atoms with Crippen LogP contribution >= 0.6 is 0 Å². The average molecular weight is 406 g/mol. The van der Waals surface area contributed by atoms with Crippen LogP contribution in [-0.2, 0) is 14.3 Å². The molecule has 4 atom stereocenters. The van der Waals surface area contributed by atoms with Crippen molar-refractivity contribution in [3.63, 3.8) is 0 Å². The summed E-state index contributed by atoms with van der Waals surface area (Å²) in [6, 6.07) is 1.86. The number of rotatable bonds is 7. The van der Waals surface area contributed by atoms with Crippen molar-refractivity contribution in [3.05, 3.63) is 11.8 Å². The van der Waals surface area contributed by atoms with Crippen LogP contribution in [0, 0.1) is 11.8 Å². The molecule has 0 aliphatic heterocycles. The van der Waals surface area contributed by atoms with Crippen LogP contribution in [0.4, 0.5) is 15.0 Å². The van der Waals surface area contributed by atoms with Crippen molar-refractivity contribution in [2.24, 2.45) is 11.8 Å². The Morgan fingerprint density at radius 1 is 1.31 bits per heavy atom. The quantitative estimate of drug-likeness (QED) is 0.646. The molecular weight excluding hydrogens is 379 g/mol.